The van der Waals surface area contributed by atoms with Crippen molar-refractivity contribution in [3.05, 3.63) is 29.6 Å². The topological polar surface area (TPSA) is 82.5 Å². The molecule has 0 saturated carbocycles. The average molecular weight is 281 g/mol. The molecule has 0 unspecified atom stereocenters. The Morgan fingerprint density at radius 1 is 1.42 bits per heavy atom. The highest BCUT2D eigenvalue weighted by atomic mass is 32.2. The summed E-state index contributed by atoms with van der Waals surface area (Å²) in [6.07, 6.45) is 1.43. The van der Waals surface area contributed by atoms with Gasteiger partial charge in [0.25, 0.3) is 0 Å². The molecular weight excluding hydrogens is 266 g/mol. The van der Waals surface area contributed by atoms with E-state index in [1.165, 1.54) is 18.3 Å². The van der Waals surface area contributed by atoms with Crippen LogP contribution in [0.3, 0.4) is 0 Å². The van der Waals surface area contributed by atoms with Gasteiger partial charge in [0.2, 0.25) is 0 Å². The van der Waals surface area contributed by atoms with E-state index in [-0.39, 0.29) is 18.1 Å². The van der Waals surface area contributed by atoms with Gasteiger partial charge in [0, 0.05) is 30.8 Å². The minimum absolute atomic E-state index is 0.122. The van der Waals surface area contributed by atoms with Gasteiger partial charge in [0.1, 0.15) is 0 Å². The molecule has 102 valence electrons. The Bertz CT molecular complexity index is 475. The van der Waals surface area contributed by atoms with Crippen LogP contribution in [0.25, 0.3) is 0 Å². The van der Waals surface area contributed by atoms with Crippen LogP contribution < -0.4 is 5.32 Å². The first-order valence-corrected chi connectivity index (χ1v) is 7.11. The fourth-order valence-corrected chi connectivity index (χ4v) is 2.66. The first-order valence-electron chi connectivity index (χ1n) is 5.95. The van der Waals surface area contributed by atoms with E-state index >= 15 is 0 Å². The van der Waals surface area contributed by atoms with Crippen LogP contribution in [0.2, 0.25) is 0 Å². The van der Waals surface area contributed by atoms with Crippen LogP contribution in [0.15, 0.2) is 18.3 Å². The summed E-state index contributed by atoms with van der Waals surface area (Å²) < 4.78 is 0. The highest BCUT2D eigenvalue weighted by Gasteiger charge is 2.16. The first kappa shape index (κ1) is 13.7. The van der Waals surface area contributed by atoms with Crippen LogP contribution in [-0.2, 0) is 6.54 Å². The Balaban J connectivity index is 1.89. The van der Waals surface area contributed by atoms with Crippen molar-refractivity contribution >= 4 is 23.8 Å². The molecule has 1 aromatic rings. The third-order valence-corrected chi connectivity index (χ3v) is 3.73. The highest BCUT2D eigenvalue weighted by Crippen LogP contribution is 2.09. The lowest BCUT2D eigenvalue weighted by molar-refractivity contribution is 0.0696. The number of amides is 2. The molecule has 1 fully saturated rings. The lowest BCUT2D eigenvalue weighted by atomic mass is 10.2. The summed E-state index contributed by atoms with van der Waals surface area (Å²) >= 11 is 1.84. The number of carboxylic acid groups (broad SMARTS) is 1. The SMILES string of the molecule is O=C(O)c1ccnc(CNC(=O)N2CCSCC2)c1. The number of pyridine rings is 1. The van der Waals surface area contributed by atoms with Gasteiger partial charge < -0.3 is 15.3 Å². The average Bonchev–Trinajstić information content (AvgIpc) is 2.46. The van der Waals surface area contributed by atoms with Crippen molar-refractivity contribution in [2.45, 2.75) is 6.54 Å². The quantitative estimate of drug-likeness (QED) is 0.865. The van der Waals surface area contributed by atoms with Crippen LogP contribution in [0.5, 0.6) is 0 Å². The second-order valence-corrected chi connectivity index (χ2v) is 5.32. The van der Waals surface area contributed by atoms with E-state index in [0.717, 1.165) is 24.6 Å². The summed E-state index contributed by atoms with van der Waals surface area (Å²) in [4.78, 5) is 28.5. The second kappa shape index (κ2) is 6.42. The molecule has 2 heterocycles. The van der Waals surface area contributed by atoms with Crippen molar-refractivity contribution in [2.24, 2.45) is 0 Å². The van der Waals surface area contributed by atoms with Crippen LogP contribution in [0.1, 0.15) is 16.1 Å². The lowest BCUT2D eigenvalue weighted by Crippen LogP contribution is -2.44. The minimum atomic E-state index is -0.997. The van der Waals surface area contributed by atoms with E-state index in [2.05, 4.69) is 10.3 Å². The van der Waals surface area contributed by atoms with Crippen LogP contribution in [0.4, 0.5) is 4.79 Å². The molecular formula is C12H15N3O3S. The van der Waals surface area contributed by atoms with Gasteiger partial charge >= 0.3 is 12.0 Å². The standard InChI is InChI=1S/C12H15N3O3S/c16-11(17)9-1-2-13-10(7-9)8-14-12(18)15-3-5-19-6-4-15/h1-2,7H,3-6,8H2,(H,14,18)(H,16,17). The van der Waals surface area contributed by atoms with Gasteiger partial charge in [0.05, 0.1) is 17.8 Å². The highest BCUT2D eigenvalue weighted by molar-refractivity contribution is 7.99. The van der Waals surface area contributed by atoms with E-state index in [0.29, 0.717) is 5.69 Å². The van der Waals surface area contributed by atoms with Gasteiger partial charge in [-0.3, -0.25) is 4.98 Å². The fraction of sp³-hybridized carbons (Fsp3) is 0.417. The third kappa shape index (κ3) is 3.85. The molecule has 6 nitrogen and oxygen atoms in total. The summed E-state index contributed by atoms with van der Waals surface area (Å²) in [6.45, 7) is 1.74. The van der Waals surface area contributed by atoms with Gasteiger partial charge in [-0.05, 0) is 12.1 Å². The number of urea groups is 1. The Kier molecular flexibility index (Phi) is 4.62. The third-order valence-electron chi connectivity index (χ3n) is 2.78. The molecule has 2 rings (SSSR count). The molecule has 0 aliphatic carbocycles. The van der Waals surface area contributed by atoms with Gasteiger partial charge in [-0.2, -0.15) is 11.8 Å². The Labute approximate surface area is 115 Å². The Hall–Kier alpha value is -1.76. The van der Waals surface area contributed by atoms with Crippen molar-refractivity contribution in [3.8, 4) is 0 Å². The number of carbonyl (C=O) groups excluding carboxylic acids is 1. The number of rotatable bonds is 3. The number of aromatic nitrogens is 1. The maximum Gasteiger partial charge on any atom is 0.335 e. The first-order chi connectivity index (χ1) is 9.16. The summed E-state index contributed by atoms with van der Waals surface area (Å²) in [5, 5.41) is 11.6. The lowest BCUT2D eigenvalue weighted by Gasteiger charge is -2.26. The van der Waals surface area contributed by atoms with Crippen LogP contribution >= 0.6 is 11.8 Å². The molecule has 0 bridgehead atoms. The maximum absolute atomic E-state index is 11.9. The molecule has 0 spiro atoms. The van der Waals surface area contributed by atoms with Crippen molar-refractivity contribution in [1.82, 2.24) is 15.2 Å². The predicted molar refractivity (Wildman–Crippen MR) is 72.3 cm³/mol. The number of aromatic carboxylic acids is 1. The normalized spacial score (nSPS) is 15.1. The molecule has 2 N–H and O–H groups in total. The van der Waals surface area contributed by atoms with Crippen molar-refractivity contribution in [2.75, 3.05) is 24.6 Å². The summed E-state index contributed by atoms with van der Waals surface area (Å²) in [5.74, 6) is 0.920. The summed E-state index contributed by atoms with van der Waals surface area (Å²) in [7, 11) is 0. The number of carboxylic acids is 1. The van der Waals surface area contributed by atoms with Gasteiger partial charge in [-0.1, -0.05) is 0 Å². The van der Waals surface area contributed by atoms with E-state index in [4.69, 9.17) is 5.11 Å². The number of thioether (sulfide) groups is 1. The zero-order chi connectivity index (χ0) is 13.7. The second-order valence-electron chi connectivity index (χ2n) is 4.10. The largest absolute Gasteiger partial charge is 0.478 e. The number of hydrogen-bond donors (Lipinski definition) is 2. The Morgan fingerprint density at radius 2 is 2.16 bits per heavy atom. The molecule has 1 aromatic heterocycles. The summed E-state index contributed by atoms with van der Waals surface area (Å²) in [6, 6.07) is 2.77. The van der Waals surface area contributed by atoms with Gasteiger partial charge in [-0.15, -0.1) is 0 Å². The monoisotopic (exact) mass is 281 g/mol. The molecule has 1 saturated heterocycles. The van der Waals surface area contributed by atoms with Crippen LogP contribution in [-0.4, -0.2) is 51.6 Å². The molecule has 1 aliphatic rings. The smallest absolute Gasteiger partial charge is 0.335 e. The molecule has 7 heteroatoms. The van der Waals surface area contributed by atoms with E-state index in [1.54, 1.807) is 4.90 Å². The van der Waals surface area contributed by atoms with Crippen molar-refractivity contribution in [1.29, 1.82) is 0 Å². The molecule has 0 radical (unpaired) electrons. The van der Waals surface area contributed by atoms with E-state index in [1.807, 2.05) is 11.8 Å². The van der Waals surface area contributed by atoms with Gasteiger partial charge in [-0.25, -0.2) is 9.59 Å². The van der Waals surface area contributed by atoms with Crippen molar-refractivity contribution in [3.63, 3.8) is 0 Å². The number of nitrogens with one attached hydrogen (secondary N) is 1. The summed E-state index contributed by atoms with van der Waals surface area (Å²) in [5.41, 5.74) is 0.716. The zero-order valence-corrected chi connectivity index (χ0v) is 11.2. The molecule has 2 amide bonds. The Morgan fingerprint density at radius 3 is 2.84 bits per heavy atom. The number of nitrogens with zero attached hydrogens (tertiary/aromatic N) is 2. The van der Waals surface area contributed by atoms with Crippen molar-refractivity contribution < 1.29 is 14.7 Å². The maximum atomic E-state index is 11.9. The van der Waals surface area contributed by atoms with E-state index in [9.17, 15) is 9.59 Å². The van der Waals surface area contributed by atoms with E-state index < -0.39 is 5.97 Å². The number of carbonyl (C=O) groups is 2. The van der Waals surface area contributed by atoms with Gasteiger partial charge in [0.15, 0.2) is 0 Å². The predicted octanol–water partition coefficient (Wildman–Crippen LogP) is 1.04. The minimum Gasteiger partial charge on any atom is -0.478 e. The molecule has 1 aliphatic heterocycles. The zero-order valence-electron chi connectivity index (χ0n) is 10.3. The molecule has 0 aromatic carbocycles. The molecule has 19 heavy (non-hydrogen) atoms. The van der Waals surface area contributed by atoms with Crippen LogP contribution in [0, 0.1) is 0 Å². The molecule has 0 atom stereocenters. The fourth-order valence-electron chi connectivity index (χ4n) is 1.75. The number of hydrogen-bond acceptors (Lipinski definition) is 4.